The number of aromatic nitrogens is 2. The van der Waals surface area contributed by atoms with Crippen LogP contribution in [0.4, 0.5) is 0 Å². The van der Waals surface area contributed by atoms with Gasteiger partial charge in [0, 0.05) is 22.1 Å². The third-order valence-electron chi connectivity index (χ3n) is 7.58. The van der Waals surface area contributed by atoms with Crippen molar-refractivity contribution in [3.05, 3.63) is 62.9 Å². The number of fused-ring (bicyclic) bond motifs is 5. The molecule has 1 fully saturated rings. The largest absolute Gasteiger partial charge is 0.458 e. The second-order valence-electron chi connectivity index (χ2n) is 9.57. The molecule has 2 aliphatic heterocycles. The molecule has 0 radical (unpaired) electrons. The van der Waals surface area contributed by atoms with Gasteiger partial charge >= 0.3 is 5.97 Å². The first kappa shape index (κ1) is 22.0. The number of aliphatic hydroxyl groups is 1. The van der Waals surface area contributed by atoms with Crippen molar-refractivity contribution in [1.82, 2.24) is 9.55 Å². The molecule has 0 saturated heterocycles. The van der Waals surface area contributed by atoms with Crippen LogP contribution in [-0.4, -0.2) is 32.9 Å². The van der Waals surface area contributed by atoms with Crippen molar-refractivity contribution < 1.29 is 19.5 Å². The van der Waals surface area contributed by atoms with Crippen LogP contribution in [0.1, 0.15) is 67.7 Å². The predicted octanol–water partition coefficient (Wildman–Crippen LogP) is 3.76. The number of ether oxygens (including phenoxy) is 1. The second kappa shape index (κ2) is 8.30. The standard InChI is InChI=1S/C27H27N3O5/c1-2-27(33)21-12-23-24-19(14-30(23)25(31)20(21)15-34-26(27)32)18(17-10-6-7-11-22(17)29-24)13-28-35-16-8-4-3-5-9-16/h6-7,10-13,16,33H,2-5,8-9,14-15H2,1H3/b28-13+/t27-/m0/s1. The minimum Gasteiger partial charge on any atom is -0.458 e. The first-order chi connectivity index (χ1) is 17.0. The zero-order valence-corrected chi connectivity index (χ0v) is 19.6. The van der Waals surface area contributed by atoms with Crippen molar-refractivity contribution in [2.24, 2.45) is 5.16 Å². The second-order valence-corrected chi connectivity index (χ2v) is 9.57. The third-order valence-corrected chi connectivity index (χ3v) is 7.58. The van der Waals surface area contributed by atoms with Gasteiger partial charge in [-0.1, -0.05) is 36.7 Å². The average molecular weight is 474 g/mol. The summed E-state index contributed by atoms with van der Waals surface area (Å²) in [7, 11) is 0. The molecule has 2 aromatic heterocycles. The first-order valence-electron chi connectivity index (χ1n) is 12.3. The van der Waals surface area contributed by atoms with Crippen LogP contribution in [0, 0.1) is 0 Å². The van der Waals surface area contributed by atoms with Gasteiger partial charge in [-0.15, -0.1) is 0 Å². The molecule has 1 saturated carbocycles. The van der Waals surface area contributed by atoms with E-state index in [1.54, 1.807) is 23.8 Å². The summed E-state index contributed by atoms with van der Waals surface area (Å²) >= 11 is 0. The summed E-state index contributed by atoms with van der Waals surface area (Å²) in [5.74, 6) is -0.728. The summed E-state index contributed by atoms with van der Waals surface area (Å²) in [6.45, 7) is 1.87. The molecule has 1 N–H and O–H groups in total. The van der Waals surface area contributed by atoms with Gasteiger partial charge in [-0.2, -0.15) is 0 Å². The third kappa shape index (κ3) is 3.38. The highest BCUT2D eigenvalue weighted by Gasteiger charge is 2.45. The number of pyridine rings is 2. The van der Waals surface area contributed by atoms with Crippen molar-refractivity contribution in [2.75, 3.05) is 0 Å². The van der Waals surface area contributed by atoms with Crippen LogP contribution in [0.2, 0.25) is 0 Å². The van der Waals surface area contributed by atoms with Crippen LogP contribution in [0.25, 0.3) is 22.3 Å². The van der Waals surface area contributed by atoms with Gasteiger partial charge < -0.3 is 19.2 Å². The Hall–Kier alpha value is -3.52. The Kier molecular flexibility index (Phi) is 5.21. The monoisotopic (exact) mass is 473 g/mol. The van der Waals surface area contributed by atoms with Crippen LogP contribution in [0.3, 0.4) is 0 Å². The van der Waals surface area contributed by atoms with Gasteiger partial charge in [0.15, 0.2) is 5.60 Å². The number of benzene rings is 1. The molecule has 0 bridgehead atoms. The van der Waals surface area contributed by atoms with Gasteiger partial charge in [0.2, 0.25) is 0 Å². The number of hydrogen-bond donors (Lipinski definition) is 1. The Balaban J connectivity index is 1.50. The lowest BCUT2D eigenvalue weighted by molar-refractivity contribution is -0.172. The number of esters is 1. The molecule has 3 aliphatic rings. The fourth-order valence-electron chi connectivity index (χ4n) is 5.55. The Bertz CT molecular complexity index is 1440. The van der Waals surface area contributed by atoms with E-state index in [9.17, 15) is 14.7 Å². The first-order valence-corrected chi connectivity index (χ1v) is 12.3. The summed E-state index contributed by atoms with van der Waals surface area (Å²) < 4.78 is 6.81. The highest BCUT2D eigenvalue weighted by atomic mass is 16.6. The zero-order chi connectivity index (χ0) is 24.2. The molecule has 35 heavy (non-hydrogen) atoms. The van der Waals surface area contributed by atoms with Gasteiger partial charge in [0.25, 0.3) is 5.56 Å². The molecule has 6 rings (SSSR count). The smallest absolute Gasteiger partial charge is 0.343 e. The van der Waals surface area contributed by atoms with E-state index in [0.29, 0.717) is 29.1 Å². The number of oxime groups is 1. The van der Waals surface area contributed by atoms with Gasteiger partial charge in [-0.3, -0.25) is 4.79 Å². The lowest BCUT2D eigenvalue weighted by Crippen LogP contribution is -2.44. The van der Waals surface area contributed by atoms with Crippen LogP contribution < -0.4 is 5.56 Å². The fourth-order valence-corrected chi connectivity index (χ4v) is 5.55. The van der Waals surface area contributed by atoms with Crippen LogP contribution in [0.5, 0.6) is 0 Å². The topological polar surface area (TPSA) is 103 Å². The molecule has 8 heteroatoms. The van der Waals surface area contributed by atoms with E-state index < -0.39 is 11.6 Å². The molecular formula is C27H27N3O5. The summed E-state index contributed by atoms with van der Waals surface area (Å²) in [5.41, 5.74) is 2.23. The Morgan fingerprint density at radius 1 is 1.23 bits per heavy atom. The maximum atomic E-state index is 13.5. The van der Waals surface area contributed by atoms with E-state index in [4.69, 9.17) is 14.6 Å². The van der Waals surface area contributed by atoms with E-state index in [1.807, 2.05) is 24.3 Å². The number of hydrogen-bond acceptors (Lipinski definition) is 7. The Morgan fingerprint density at radius 2 is 2.03 bits per heavy atom. The van der Waals surface area contributed by atoms with Crippen molar-refractivity contribution in [3.63, 3.8) is 0 Å². The highest BCUT2D eigenvalue weighted by Crippen LogP contribution is 2.39. The zero-order valence-electron chi connectivity index (χ0n) is 19.6. The quantitative estimate of drug-likeness (QED) is 0.275. The highest BCUT2D eigenvalue weighted by molar-refractivity contribution is 6.02. The molecule has 180 valence electrons. The summed E-state index contributed by atoms with van der Waals surface area (Å²) in [5, 5.41) is 16.4. The number of cyclic esters (lactones) is 1. The van der Waals surface area contributed by atoms with Gasteiger partial charge in [-0.05, 0) is 44.2 Å². The maximum absolute atomic E-state index is 13.5. The van der Waals surface area contributed by atoms with Crippen LogP contribution >= 0.6 is 0 Å². The minimum atomic E-state index is -1.85. The molecule has 3 aromatic rings. The molecule has 1 aliphatic carbocycles. The summed E-state index contributed by atoms with van der Waals surface area (Å²) in [4.78, 5) is 36.6. The molecular weight excluding hydrogens is 446 g/mol. The summed E-state index contributed by atoms with van der Waals surface area (Å²) in [6.07, 6.45) is 7.57. The van der Waals surface area contributed by atoms with E-state index in [2.05, 4.69) is 5.16 Å². The van der Waals surface area contributed by atoms with Crippen molar-refractivity contribution in [1.29, 1.82) is 0 Å². The lowest BCUT2D eigenvalue weighted by atomic mass is 9.86. The predicted molar refractivity (Wildman–Crippen MR) is 130 cm³/mol. The minimum absolute atomic E-state index is 0.107. The number of rotatable bonds is 4. The maximum Gasteiger partial charge on any atom is 0.343 e. The van der Waals surface area contributed by atoms with E-state index in [1.165, 1.54) is 6.42 Å². The fraction of sp³-hybridized carbons (Fsp3) is 0.407. The molecule has 0 amide bonds. The van der Waals surface area contributed by atoms with Crippen molar-refractivity contribution in [2.45, 2.75) is 70.3 Å². The molecule has 0 unspecified atom stereocenters. The van der Waals surface area contributed by atoms with E-state index in [0.717, 1.165) is 47.7 Å². The Morgan fingerprint density at radius 3 is 2.83 bits per heavy atom. The van der Waals surface area contributed by atoms with E-state index >= 15 is 0 Å². The molecule has 8 nitrogen and oxygen atoms in total. The van der Waals surface area contributed by atoms with Crippen LogP contribution in [-0.2, 0) is 33.1 Å². The van der Waals surface area contributed by atoms with Crippen molar-refractivity contribution in [3.8, 4) is 11.4 Å². The van der Waals surface area contributed by atoms with Gasteiger partial charge in [-0.25, -0.2) is 9.78 Å². The number of nitrogens with zero attached hydrogens (tertiary/aromatic N) is 3. The molecule has 0 spiro atoms. The molecule has 1 aromatic carbocycles. The SMILES string of the molecule is CC[C@@]1(O)C(=O)OCc2c1cc1n(c2=O)Cc2c-1nc1ccccc1c2/C=N/OC1CCCCC1. The van der Waals surface area contributed by atoms with Crippen molar-refractivity contribution >= 4 is 23.1 Å². The number of carbonyl (C=O) groups excluding carboxylic acids is 1. The van der Waals surface area contributed by atoms with Gasteiger partial charge in [0.05, 0.1) is 35.2 Å². The molecule has 1 atom stereocenters. The number of para-hydroxylation sites is 1. The Labute approximate surface area is 202 Å². The van der Waals surface area contributed by atoms with Gasteiger partial charge in [0.1, 0.15) is 12.7 Å². The average Bonchev–Trinajstić information content (AvgIpc) is 3.25. The van der Waals surface area contributed by atoms with Crippen LogP contribution in [0.15, 0.2) is 40.3 Å². The number of carbonyl (C=O) groups is 1. The summed E-state index contributed by atoms with van der Waals surface area (Å²) in [6, 6.07) is 9.51. The molecule has 4 heterocycles. The lowest BCUT2D eigenvalue weighted by Gasteiger charge is -2.31. The van der Waals surface area contributed by atoms with E-state index in [-0.39, 0.29) is 24.7 Å². The normalized spacial score (nSPS) is 21.6.